The maximum absolute atomic E-state index is 5.42. The summed E-state index contributed by atoms with van der Waals surface area (Å²) in [5.74, 6) is 5.42. The molecule has 0 bridgehead atoms. The van der Waals surface area contributed by atoms with Gasteiger partial charge in [0.05, 0.1) is 17.1 Å². The van der Waals surface area contributed by atoms with Gasteiger partial charge < -0.3 is 15.7 Å². The summed E-state index contributed by atoms with van der Waals surface area (Å²) in [5.41, 5.74) is 4.87. The predicted molar refractivity (Wildman–Crippen MR) is 73.8 cm³/mol. The van der Waals surface area contributed by atoms with Crippen LogP contribution in [0.15, 0.2) is 30.0 Å². The zero-order valence-corrected chi connectivity index (χ0v) is 10.9. The molecule has 3 N–H and O–H groups in total. The Balaban J connectivity index is 3.35. The molecule has 1 heterocycles. The standard InChI is InChI=1S/C13H20N4/c1-6-7-12(16-14)11-8-17(5)13(9(11)2)10(3)15-4/h6-8,15H,3,14H2,1-2,4-5H3/b7-6-,16-12+. The fraction of sp³-hybridized carbons (Fsp3) is 0.308. The van der Waals surface area contributed by atoms with Crippen LogP contribution in [-0.2, 0) is 7.05 Å². The molecule has 0 atom stereocenters. The topological polar surface area (TPSA) is 55.3 Å². The predicted octanol–water partition coefficient (Wildman–Crippen LogP) is 1.76. The van der Waals surface area contributed by atoms with Crippen LogP contribution < -0.4 is 11.2 Å². The van der Waals surface area contributed by atoms with Gasteiger partial charge in [0.15, 0.2) is 0 Å². The van der Waals surface area contributed by atoms with Crippen molar-refractivity contribution in [3.8, 4) is 0 Å². The molecule has 0 unspecified atom stereocenters. The number of hydrogen-bond acceptors (Lipinski definition) is 3. The Morgan fingerprint density at radius 2 is 2.24 bits per heavy atom. The lowest BCUT2D eigenvalue weighted by Gasteiger charge is -2.08. The number of hydrazone groups is 1. The number of rotatable bonds is 4. The monoisotopic (exact) mass is 232 g/mol. The van der Waals surface area contributed by atoms with Gasteiger partial charge in [0.1, 0.15) is 0 Å². The second-order valence-electron chi connectivity index (χ2n) is 3.87. The molecule has 0 spiro atoms. The summed E-state index contributed by atoms with van der Waals surface area (Å²) >= 11 is 0. The lowest BCUT2D eigenvalue weighted by Crippen LogP contribution is -2.08. The number of aryl methyl sites for hydroxylation is 1. The summed E-state index contributed by atoms with van der Waals surface area (Å²) in [6.07, 6.45) is 5.83. The van der Waals surface area contributed by atoms with E-state index in [1.165, 1.54) is 0 Å². The first-order valence-electron chi connectivity index (χ1n) is 5.50. The Morgan fingerprint density at radius 1 is 1.59 bits per heavy atom. The van der Waals surface area contributed by atoms with E-state index in [-0.39, 0.29) is 0 Å². The van der Waals surface area contributed by atoms with Crippen molar-refractivity contribution in [2.24, 2.45) is 18.0 Å². The van der Waals surface area contributed by atoms with E-state index in [1.54, 1.807) is 0 Å². The van der Waals surface area contributed by atoms with E-state index in [0.717, 1.165) is 28.2 Å². The van der Waals surface area contributed by atoms with Gasteiger partial charge in [-0.3, -0.25) is 0 Å². The number of allylic oxidation sites excluding steroid dienone is 2. The molecule has 4 nitrogen and oxygen atoms in total. The van der Waals surface area contributed by atoms with Crippen molar-refractivity contribution in [1.82, 2.24) is 9.88 Å². The molecule has 0 saturated carbocycles. The molecule has 0 aromatic carbocycles. The van der Waals surface area contributed by atoms with Gasteiger partial charge in [-0.2, -0.15) is 5.10 Å². The van der Waals surface area contributed by atoms with Gasteiger partial charge >= 0.3 is 0 Å². The highest BCUT2D eigenvalue weighted by Gasteiger charge is 2.14. The molecular weight excluding hydrogens is 212 g/mol. The summed E-state index contributed by atoms with van der Waals surface area (Å²) in [7, 11) is 3.84. The van der Waals surface area contributed by atoms with Gasteiger partial charge in [-0.1, -0.05) is 12.7 Å². The molecule has 0 aliphatic rings. The van der Waals surface area contributed by atoms with Crippen molar-refractivity contribution in [3.63, 3.8) is 0 Å². The fourth-order valence-electron chi connectivity index (χ4n) is 1.92. The second-order valence-corrected chi connectivity index (χ2v) is 3.87. The molecule has 1 aromatic rings. The fourth-order valence-corrected chi connectivity index (χ4v) is 1.92. The van der Waals surface area contributed by atoms with Gasteiger partial charge in [-0.25, -0.2) is 0 Å². The van der Waals surface area contributed by atoms with E-state index in [9.17, 15) is 0 Å². The zero-order chi connectivity index (χ0) is 13.0. The number of aromatic nitrogens is 1. The van der Waals surface area contributed by atoms with Gasteiger partial charge in [-0.15, -0.1) is 0 Å². The van der Waals surface area contributed by atoms with Crippen LogP contribution in [0.5, 0.6) is 0 Å². The summed E-state index contributed by atoms with van der Waals surface area (Å²) in [4.78, 5) is 0. The Bertz CT molecular complexity index is 478. The minimum absolute atomic E-state index is 0.774. The van der Waals surface area contributed by atoms with E-state index in [4.69, 9.17) is 5.84 Å². The van der Waals surface area contributed by atoms with Gasteiger partial charge in [0, 0.05) is 25.9 Å². The van der Waals surface area contributed by atoms with E-state index in [1.807, 2.05) is 50.9 Å². The van der Waals surface area contributed by atoms with Crippen molar-refractivity contribution in [3.05, 3.63) is 41.7 Å². The van der Waals surface area contributed by atoms with Crippen LogP contribution in [0.3, 0.4) is 0 Å². The van der Waals surface area contributed by atoms with E-state index in [2.05, 4.69) is 17.0 Å². The van der Waals surface area contributed by atoms with Crippen LogP contribution in [0.25, 0.3) is 5.70 Å². The van der Waals surface area contributed by atoms with Crippen molar-refractivity contribution in [2.45, 2.75) is 13.8 Å². The highest BCUT2D eigenvalue weighted by molar-refractivity contribution is 6.10. The molecule has 0 amide bonds. The van der Waals surface area contributed by atoms with Gasteiger partial charge in [0.2, 0.25) is 0 Å². The van der Waals surface area contributed by atoms with Crippen molar-refractivity contribution < 1.29 is 0 Å². The molecule has 92 valence electrons. The molecule has 1 rings (SSSR count). The number of hydrogen-bond donors (Lipinski definition) is 2. The Kier molecular flexibility index (Phi) is 4.15. The third-order valence-corrected chi connectivity index (χ3v) is 2.76. The Hall–Kier alpha value is -1.97. The third kappa shape index (κ3) is 2.41. The minimum atomic E-state index is 0.774. The SMILES string of the molecule is C=C(NC)c1c(C)c(C(/C=C\C)=N/N)cn1C. The lowest BCUT2D eigenvalue weighted by atomic mass is 10.1. The average molecular weight is 232 g/mol. The van der Waals surface area contributed by atoms with Crippen LogP contribution in [0.4, 0.5) is 0 Å². The van der Waals surface area contributed by atoms with Crippen LogP contribution in [-0.4, -0.2) is 17.3 Å². The summed E-state index contributed by atoms with van der Waals surface area (Å²) < 4.78 is 2.03. The van der Waals surface area contributed by atoms with Crippen molar-refractivity contribution >= 4 is 11.4 Å². The Labute approximate surface area is 103 Å². The van der Waals surface area contributed by atoms with Crippen molar-refractivity contribution in [2.75, 3.05) is 7.05 Å². The number of nitrogens with zero attached hydrogens (tertiary/aromatic N) is 2. The summed E-state index contributed by atoms with van der Waals surface area (Å²) in [6, 6.07) is 0. The van der Waals surface area contributed by atoms with E-state index in [0.29, 0.717) is 0 Å². The molecule has 4 heteroatoms. The first-order chi connectivity index (χ1) is 8.06. The maximum atomic E-state index is 5.42. The minimum Gasteiger partial charge on any atom is -0.387 e. The molecule has 0 saturated heterocycles. The van der Waals surface area contributed by atoms with Crippen LogP contribution in [0, 0.1) is 6.92 Å². The maximum Gasteiger partial charge on any atom is 0.0913 e. The zero-order valence-electron chi connectivity index (χ0n) is 10.9. The van der Waals surface area contributed by atoms with Crippen LogP contribution in [0.1, 0.15) is 23.7 Å². The van der Waals surface area contributed by atoms with Crippen LogP contribution >= 0.6 is 0 Å². The first-order valence-corrected chi connectivity index (χ1v) is 5.50. The molecule has 1 aromatic heterocycles. The molecule has 0 aliphatic carbocycles. The van der Waals surface area contributed by atoms with E-state index < -0.39 is 0 Å². The van der Waals surface area contributed by atoms with E-state index >= 15 is 0 Å². The molecule has 17 heavy (non-hydrogen) atoms. The molecule has 0 radical (unpaired) electrons. The normalized spacial score (nSPS) is 12.1. The highest BCUT2D eigenvalue weighted by Crippen LogP contribution is 2.21. The quantitative estimate of drug-likeness (QED) is 0.472. The second kappa shape index (κ2) is 5.39. The first kappa shape index (κ1) is 13.1. The molecule has 0 fully saturated rings. The smallest absolute Gasteiger partial charge is 0.0913 e. The third-order valence-electron chi connectivity index (χ3n) is 2.76. The highest BCUT2D eigenvalue weighted by atomic mass is 15.1. The van der Waals surface area contributed by atoms with Crippen LogP contribution in [0.2, 0.25) is 0 Å². The number of nitrogens with one attached hydrogen (secondary N) is 1. The summed E-state index contributed by atoms with van der Waals surface area (Å²) in [6.45, 7) is 7.97. The van der Waals surface area contributed by atoms with Crippen molar-refractivity contribution in [1.29, 1.82) is 0 Å². The Morgan fingerprint density at radius 3 is 2.71 bits per heavy atom. The van der Waals surface area contributed by atoms with Gasteiger partial charge in [0.25, 0.3) is 0 Å². The number of nitrogens with two attached hydrogens (primary N) is 1. The largest absolute Gasteiger partial charge is 0.387 e. The summed E-state index contributed by atoms with van der Waals surface area (Å²) in [5, 5.41) is 6.88. The lowest BCUT2D eigenvalue weighted by molar-refractivity contribution is 0.889. The molecule has 0 aliphatic heterocycles. The molecular formula is C13H20N4. The average Bonchev–Trinajstić information content (AvgIpc) is 2.61. The van der Waals surface area contributed by atoms with Gasteiger partial charge in [-0.05, 0) is 25.5 Å².